The van der Waals surface area contributed by atoms with Crippen LogP contribution in [0.25, 0.3) is 0 Å². The molecule has 0 saturated carbocycles. The van der Waals surface area contributed by atoms with Crippen molar-refractivity contribution in [1.82, 2.24) is 9.99 Å². The van der Waals surface area contributed by atoms with Crippen molar-refractivity contribution in [2.24, 2.45) is 12.9 Å². The standard InChI is InChI=1S/C6H7Cl2N3O/c1-11-4(6(12)10-9)2-3(7)5(11)8/h2H,9H2,1H3,(H,10,12). The molecule has 66 valence electrons. The largest absolute Gasteiger partial charge is 0.329 e. The Labute approximate surface area is 79.2 Å². The molecule has 0 fully saturated rings. The molecule has 3 N–H and O–H groups in total. The molecule has 12 heavy (non-hydrogen) atoms. The predicted octanol–water partition coefficient (Wildman–Crippen LogP) is 0.935. The first-order chi connectivity index (χ1) is 5.57. The van der Waals surface area contributed by atoms with E-state index >= 15 is 0 Å². The van der Waals surface area contributed by atoms with Crippen LogP contribution in [-0.2, 0) is 7.05 Å². The maximum Gasteiger partial charge on any atom is 0.281 e. The molecule has 0 aliphatic carbocycles. The topological polar surface area (TPSA) is 60.0 Å². The van der Waals surface area contributed by atoms with Crippen LogP contribution in [0.1, 0.15) is 10.5 Å². The Bertz CT molecular complexity index is 321. The molecule has 0 saturated heterocycles. The second kappa shape index (κ2) is 3.35. The molecule has 0 unspecified atom stereocenters. The number of nitrogen functional groups attached to an aromatic ring is 1. The van der Waals surface area contributed by atoms with E-state index < -0.39 is 5.91 Å². The molecule has 0 radical (unpaired) electrons. The smallest absolute Gasteiger partial charge is 0.281 e. The maximum atomic E-state index is 11.0. The van der Waals surface area contributed by atoms with Gasteiger partial charge in [-0.2, -0.15) is 0 Å². The van der Waals surface area contributed by atoms with Crippen LogP contribution in [-0.4, -0.2) is 10.5 Å². The summed E-state index contributed by atoms with van der Waals surface area (Å²) in [5, 5.41) is 0.646. The first-order valence-electron chi connectivity index (χ1n) is 3.09. The summed E-state index contributed by atoms with van der Waals surface area (Å²) in [6, 6.07) is 1.45. The van der Waals surface area contributed by atoms with E-state index in [4.69, 9.17) is 29.0 Å². The number of hydrogen-bond donors (Lipinski definition) is 2. The lowest BCUT2D eigenvalue weighted by Gasteiger charge is -2.00. The van der Waals surface area contributed by atoms with Crippen LogP contribution < -0.4 is 11.3 Å². The number of nitrogens with zero attached hydrogens (tertiary/aromatic N) is 1. The lowest BCUT2D eigenvalue weighted by Crippen LogP contribution is -2.31. The van der Waals surface area contributed by atoms with E-state index in [1.165, 1.54) is 10.6 Å². The predicted molar refractivity (Wildman–Crippen MR) is 47.1 cm³/mol. The highest BCUT2D eigenvalue weighted by Gasteiger charge is 2.13. The molecule has 0 aliphatic heterocycles. The number of hydrogen-bond acceptors (Lipinski definition) is 2. The Morgan fingerprint density at radius 2 is 2.25 bits per heavy atom. The van der Waals surface area contributed by atoms with Gasteiger partial charge in [0.05, 0.1) is 5.02 Å². The highest BCUT2D eigenvalue weighted by atomic mass is 35.5. The average molecular weight is 208 g/mol. The van der Waals surface area contributed by atoms with Crippen LogP contribution in [0.3, 0.4) is 0 Å². The minimum atomic E-state index is -0.425. The Morgan fingerprint density at radius 1 is 1.67 bits per heavy atom. The van der Waals surface area contributed by atoms with Gasteiger partial charge in [0.2, 0.25) is 0 Å². The quantitative estimate of drug-likeness (QED) is 0.409. The van der Waals surface area contributed by atoms with E-state index in [-0.39, 0.29) is 0 Å². The van der Waals surface area contributed by atoms with Crippen LogP contribution in [0.5, 0.6) is 0 Å². The normalized spacial score (nSPS) is 10.0. The van der Waals surface area contributed by atoms with Crippen molar-refractivity contribution in [3.8, 4) is 0 Å². The van der Waals surface area contributed by atoms with Crippen molar-refractivity contribution in [3.63, 3.8) is 0 Å². The Kier molecular flexibility index (Phi) is 2.62. The Balaban J connectivity index is 3.17. The number of carbonyl (C=O) groups is 1. The molecule has 4 nitrogen and oxygen atoms in total. The minimum absolute atomic E-state index is 0.315. The number of hydrazine groups is 1. The van der Waals surface area contributed by atoms with Crippen molar-refractivity contribution in [2.45, 2.75) is 0 Å². The molecule has 0 spiro atoms. The van der Waals surface area contributed by atoms with Gasteiger partial charge in [0.1, 0.15) is 10.8 Å². The number of nitrogens with two attached hydrogens (primary N) is 1. The summed E-state index contributed by atoms with van der Waals surface area (Å²) in [5.74, 6) is 4.51. The molecule has 1 aromatic rings. The van der Waals surface area contributed by atoms with E-state index in [0.717, 1.165) is 0 Å². The Morgan fingerprint density at radius 3 is 2.58 bits per heavy atom. The van der Waals surface area contributed by atoms with Crippen molar-refractivity contribution in [2.75, 3.05) is 0 Å². The summed E-state index contributed by atoms with van der Waals surface area (Å²) in [5.41, 5.74) is 2.31. The number of aromatic nitrogens is 1. The molecule has 0 aromatic carbocycles. The molecule has 1 heterocycles. The molecule has 0 aliphatic rings. The molecule has 1 rings (SSSR count). The van der Waals surface area contributed by atoms with Crippen LogP contribution in [0.2, 0.25) is 10.2 Å². The summed E-state index contributed by atoms with van der Waals surface area (Å²) in [6.45, 7) is 0. The van der Waals surface area contributed by atoms with Crippen molar-refractivity contribution < 1.29 is 4.79 Å². The first kappa shape index (κ1) is 9.38. The molecule has 1 aromatic heterocycles. The van der Waals surface area contributed by atoms with Crippen LogP contribution in [0.15, 0.2) is 6.07 Å². The zero-order chi connectivity index (χ0) is 9.30. The van der Waals surface area contributed by atoms with Gasteiger partial charge in [0.15, 0.2) is 0 Å². The third-order valence-electron chi connectivity index (χ3n) is 1.48. The molecular weight excluding hydrogens is 201 g/mol. The summed E-state index contributed by atoms with van der Waals surface area (Å²) < 4.78 is 1.45. The monoisotopic (exact) mass is 207 g/mol. The number of carbonyl (C=O) groups excluding carboxylic acids is 1. The summed E-state index contributed by atoms with van der Waals surface area (Å²) in [4.78, 5) is 11.0. The van der Waals surface area contributed by atoms with Crippen LogP contribution >= 0.6 is 23.2 Å². The molecular formula is C6H7Cl2N3O. The highest BCUT2D eigenvalue weighted by Crippen LogP contribution is 2.24. The fraction of sp³-hybridized carbons (Fsp3) is 0.167. The fourth-order valence-electron chi connectivity index (χ4n) is 0.834. The van der Waals surface area contributed by atoms with Gasteiger partial charge in [0, 0.05) is 7.05 Å². The lowest BCUT2D eigenvalue weighted by molar-refractivity contribution is 0.0945. The van der Waals surface area contributed by atoms with E-state index in [1.807, 2.05) is 5.43 Å². The summed E-state index contributed by atoms with van der Waals surface area (Å²) in [6.07, 6.45) is 0. The molecule has 1 amide bonds. The second-order valence-electron chi connectivity index (χ2n) is 2.20. The van der Waals surface area contributed by atoms with E-state index in [0.29, 0.717) is 15.9 Å². The van der Waals surface area contributed by atoms with E-state index in [2.05, 4.69) is 0 Å². The summed E-state index contributed by atoms with van der Waals surface area (Å²) in [7, 11) is 1.62. The third kappa shape index (κ3) is 1.41. The average Bonchev–Trinajstić information content (AvgIpc) is 2.32. The van der Waals surface area contributed by atoms with Gasteiger partial charge < -0.3 is 4.57 Å². The minimum Gasteiger partial charge on any atom is -0.329 e. The SMILES string of the molecule is Cn1c(C(=O)NN)cc(Cl)c1Cl. The van der Waals surface area contributed by atoms with Crippen LogP contribution in [0, 0.1) is 0 Å². The first-order valence-corrected chi connectivity index (χ1v) is 3.85. The van der Waals surface area contributed by atoms with E-state index in [1.54, 1.807) is 7.05 Å². The van der Waals surface area contributed by atoms with Gasteiger partial charge in [-0.05, 0) is 6.07 Å². The van der Waals surface area contributed by atoms with Gasteiger partial charge in [-0.25, -0.2) is 5.84 Å². The third-order valence-corrected chi connectivity index (χ3v) is 2.32. The van der Waals surface area contributed by atoms with E-state index in [9.17, 15) is 4.79 Å². The van der Waals surface area contributed by atoms with Crippen molar-refractivity contribution in [3.05, 3.63) is 21.9 Å². The fourth-order valence-corrected chi connectivity index (χ4v) is 1.21. The van der Waals surface area contributed by atoms with Gasteiger partial charge in [-0.3, -0.25) is 10.2 Å². The molecule has 0 atom stereocenters. The van der Waals surface area contributed by atoms with Crippen molar-refractivity contribution in [1.29, 1.82) is 0 Å². The zero-order valence-corrected chi connectivity index (χ0v) is 7.78. The zero-order valence-electron chi connectivity index (χ0n) is 6.27. The maximum absolute atomic E-state index is 11.0. The molecule has 6 heteroatoms. The number of amides is 1. The van der Waals surface area contributed by atoms with Crippen molar-refractivity contribution >= 4 is 29.1 Å². The van der Waals surface area contributed by atoms with Gasteiger partial charge in [-0.1, -0.05) is 23.2 Å². The van der Waals surface area contributed by atoms with Gasteiger partial charge >= 0.3 is 0 Å². The number of halogens is 2. The number of nitrogens with one attached hydrogen (secondary N) is 1. The van der Waals surface area contributed by atoms with Gasteiger partial charge in [-0.15, -0.1) is 0 Å². The summed E-state index contributed by atoms with van der Waals surface area (Å²) >= 11 is 11.4. The number of rotatable bonds is 1. The highest BCUT2D eigenvalue weighted by molar-refractivity contribution is 6.41. The Hall–Kier alpha value is -0.710. The lowest BCUT2D eigenvalue weighted by atomic mass is 10.4. The van der Waals surface area contributed by atoms with Gasteiger partial charge in [0.25, 0.3) is 5.91 Å². The molecule has 0 bridgehead atoms. The second-order valence-corrected chi connectivity index (χ2v) is 2.97. The van der Waals surface area contributed by atoms with Crippen LogP contribution in [0.4, 0.5) is 0 Å².